The van der Waals surface area contributed by atoms with Crippen LogP contribution in [0.4, 0.5) is 0 Å². The van der Waals surface area contributed by atoms with E-state index in [9.17, 15) is 4.79 Å². The third-order valence-electron chi connectivity index (χ3n) is 4.87. The first-order valence-electron chi connectivity index (χ1n) is 6.69. The zero-order valence-electron chi connectivity index (χ0n) is 11.1. The van der Waals surface area contributed by atoms with E-state index < -0.39 is 5.97 Å². The average Bonchev–Trinajstić information content (AvgIpc) is 2.51. The van der Waals surface area contributed by atoms with Gasteiger partial charge in [-0.3, -0.25) is 14.6 Å². The fraction of sp³-hybridized carbons (Fsp3) is 0.923. The second-order valence-electron chi connectivity index (χ2n) is 5.70. The van der Waals surface area contributed by atoms with E-state index in [-0.39, 0.29) is 12.0 Å². The highest BCUT2D eigenvalue weighted by Gasteiger charge is 2.37. The van der Waals surface area contributed by atoms with Crippen molar-refractivity contribution >= 4 is 5.97 Å². The van der Waals surface area contributed by atoms with Gasteiger partial charge in [0.25, 0.3) is 0 Å². The Hall–Kier alpha value is -0.610. The Kier molecular flexibility index (Phi) is 3.73. The highest BCUT2D eigenvalue weighted by atomic mass is 16.4. The van der Waals surface area contributed by atoms with E-state index in [1.165, 1.54) is 19.3 Å². The number of hydrogen-bond donors (Lipinski definition) is 1. The van der Waals surface area contributed by atoms with Crippen LogP contribution in [0.2, 0.25) is 0 Å². The standard InChI is InChI=1S/C13H24N2O2/c1-9(13(16)17)10(2)15-7-6-11-4-5-12(8-15)14(11)3/h9-12H,4-8H2,1-3H3,(H,16,17). The number of likely N-dealkylation sites (N-methyl/N-ethyl adjacent to an activating group) is 1. The lowest BCUT2D eigenvalue weighted by Crippen LogP contribution is -2.45. The first-order chi connectivity index (χ1) is 8.00. The molecule has 2 bridgehead atoms. The molecule has 0 saturated carbocycles. The predicted octanol–water partition coefficient (Wildman–Crippen LogP) is 1.26. The number of carbonyl (C=O) groups is 1. The van der Waals surface area contributed by atoms with Crippen LogP contribution in [0.3, 0.4) is 0 Å². The Balaban J connectivity index is 2.01. The van der Waals surface area contributed by atoms with Crippen molar-refractivity contribution in [2.24, 2.45) is 5.92 Å². The third-order valence-corrected chi connectivity index (χ3v) is 4.87. The molecule has 4 heteroatoms. The molecule has 0 aliphatic carbocycles. The number of rotatable bonds is 3. The van der Waals surface area contributed by atoms with Crippen LogP contribution in [0, 0.1) is 5.92 Å². The number of hydrogen-bond acceptors (Lipinski definition) is 3. The second-order valence-corrected chi connectivity index (χ2v) is 5.70. The number of likely N-dealkylation sites (tertiary alicyclic amines) is 1. The summed E-state index contributed by atoms with van der Waals surface area (Å²) in [4.78, 5) is 15.9. The highest BCUT2D eigenvalue weighted by molar-refractivity contribution is 5.70. The van der Waals surface area contributed by atoms with E-state index in [4.69, 9.17) is 5.11 Å². The van der Waals surface area contributed by atoms with Gasteiger partial charge in [-0.25, -0.2) is 0 Å². The van der Waals surface area contributed by atoms with Crippen molar-refractivity contribution in [2.75, 3.05) is 20.1 Å². The molecule has 2 aliphatic heterocycles. The maximum atomic E-state index is 11.1. The summed E-state index contributed by atoms with van der Waals surface area (Å²) in [6, 6.07) is 1.49. The molecule has 2 heterocycles. The smallest absolute Gasteiger partial charge is 0.307 e. The van der Waals surface area contributed by atoms with Gasteiger partial charge in [0.05, 0.1) is 5.92 Å². The summed E-state index contributed by atoms with van der Waals surface area (Å²) in [5.74, 6) is -0.961. The molecule has 98 valence electrons. The third kappa shape index (κ3) is 2.47. The minimum atomic E-state index is -0.680. The average molecular weight is 240 g/mol. The van der Waals surface area contributed by atoms with Gasteiger partial charge in [-0.15, -0.1) is 0 Å². The van der Waals surface area contributed by atoms with Gasteiger partial charge in [-0.2, -0.15) is 0 Å². The molecule has 0 aromatic heterocycles. The van der Waals surface area contributed by atoms with Gasteiger partial charge >= 0.3 is 5.97 Å². The van der Waals surface area contributed by atoms with Gasteiger partial charge in [0.1, 0.15) is 0 Å². The fourth-order valence-electron chi connectivity index (χ4n) is 3.23. The molecule has 0 spiro atoms. The lowest BCUT2D eigenvalue weighted by Gasteiger charge is -2.33. The molecule has 0 aromatic rings. The SMILES string of the molecule is CC(C(=O)O)C(C)N1CCC2CCC(C1)N2C. The molecule has 1 N–H and O–H groups in total. The van der Waals surface area contributed by atoms with Crippen molar-refractivity contribution in [1.82, 2.24) is 9.80 Å². The van der Waals surface area contributed by atoms with E-state index >= 15 is 0 Å². The summed E-state index contributed by atoms with van der Waals surface area (Å²) in [6.07, 6.45) is 3.77. The molecule has 17 heavy (non-hydrogen) atoms. The topological polar surface area (TPSA) is 43.8 Å². The summed E-state index contributed by atoms with van der Waals surface area (Å²) >= 11 is 0. The summed E-state index contributed by atoms with van der Waals surface area (Å²) in [7, 11) is 2.22. The zero-order chi connectivity index (χ0) is 12.6. The summed E-state index contributed by atoms with van der Waals surface area (Å²) in [6.45, 7) is 5.95. The molecule has 0 aromatic carbocycles. The number of carboxylic acid groups (broad SMARTS) is 1. The Bertz CT molecular complexity index is 295. The molecule has 4 nitrogen and oxygen atoms in total. The Morgan fingerprint density at radius 3 is 2.53 bits per heavy atom. The van der Waals surface area contributed by atoms with Crippen LogP contribution < -0.4 is 0 Å². The first-order valence-corrected chi connectivity index (χ1v) is 6.69. The first kappa shape index (κ1) is 12.8. The molecule has 4 unspecified atom stereocenters. The number of nitrogens with zero attached hydrogens (tertiary/aromatic N) is 2. The van der Waals surface area contributed by atoms with Crippen molar-refractivity contribution in [3.8, 4) is 0 Å². The van der Waals surface area contributed by atoms with Crippen LogP contribution in [-0.4, -0.2) is 59.1 Å². The Morgan fingerprint density at radius 1 is 1.24 bits per heavy atom. The highest BCUT2D eigenvalue weighted by Crippen LogP contribution is 2.30. The van der Waals surface area contributed by atoms with E-state index in [0.29, 0.717) is 6.04 Å². The van der Waals surface area contributed by atoms with Gasteiger partial charge in [0, 0.05) is 24.7 Å². The molecule has 2 fully saturated rings. The zero-order valence-corrected chi connectivity index (χ0v) is 11.1. The maximum absolute atomic E-state index is 11.1. The Morgan fingerprint density at radius 2 is 1.88 bits per heavy atom. The monoisotopic (exact) mass is 240 g/mol. The minimum Gasteiger partial charge on any atom is -0.481 e. The second kappa shape index (κ2) is 4.94. The van der Waals surface area contributed by atoms with Crippen LogP contribution in [0.1, 0.15) is 33.1 Å². The lowest BCUT2D eigenvalue weighted by molar-refractivity contribution is -0.143. The lowest BCUT2D eigenvalue weighted by atomic mass is 10.00. The molecule has 4 atom stereocenters. The Labute approximate surface area is 104 Å². The van der Waals surface area contributed by atoms with E-state index in [2.05, 4.69) is 23.8 Å². The minimum absolute atomic E-state index is 0.139. The summed E-state index contributed by atoms with van der Waals surface area (Å²) < 4.78 is 0. The number of fused-ring (bicyclic) bond motifs is 2. The molecule has 2 saturated heterocycles. The predicted molar refractivity (Wildman–Crippen MR) is 67.0 cm³/mol. The van der Waals surface area contributed by atoms with Crippen molar-refractivity contribution in [3.63, 3.8) is 0 Å². The largest absolute Gasteiger partial charge is 0.481 e. The number of carboxylic acids is 1. The quantitative estimate of drug-likeness (QED) is 0.806. The van der Waals surface area contributed by atoms with Crippen LogP contribution in [0.15, 0.2) is 0 Å². The normalized spacial score (nSPS) is 34.3. The van der Waals surface area contributed by atoms with Crippen molar-refractivity contribution < 1.29 is 9.90 Å². The fourth-order valence-corrected chi connectivity index (χ4v) is 3.23. The van der Waals surface area contributed by atoms with Gasteiger partial charge < -0.3 is 5.11 Å². The summed E-state index contributed by atoms with van der Waals surface area (Å²) in [5.41, 5.74) is 0. The molecule has 2 rings (SSSR count). The van der Waals surface area contributed by atoms with Gasteiger partial charge in [-0.05, 0) is 39.8 Å². The molecule has 2 aliphatic rings. The molecular weight excluding hydrogens is 216 g/mol. The van der Waals surface area contributed by atoms with E-state index in [0.717, 1.165) is 19.1 Å². The maximum Gasteiger partial charge on any atom is 0.307 e. The molecule has 0 radical (unpaired) electrons. The summed E-state index contributed by atoms with van der Waals surface area (Å²) in [5, 5.41) is 9.10. The van der Waals surface area contributed by atoms with Crippen molar-refractivity contribution in [2.45, 2.75) is 51.2 Å². The molecular formula is C13H24N2O2. The van der Waals surface area contributed by atoms with E-state index in [1.807, 2.05) is 6.92 Å². The van der Waals surface area contributed by atoms with Crippen molar-refractivity contribution in [3.05, 3.63) is 0 Å². The van der Waals surface area contributed by atoms with Crippen LogP contribution in [-0.2, 0) is 4.79 Å². The van der Waals surface area contributed by atoms with Crippen molar-refractivity contribution in [1.29, 1.82) is 0 Å². The number of aliphatic carboxylic acids is 1. The van der Waals surface area contributed by atoms with Crippen LogP contribution >= 0.6 is 0 Å². The van der Waals surface area contributed by atoms with Gasteiger partial charge in [0.2, 0.25) is 0 Å². The van der Waals surface area contributed by atoms with E-state index in [1.54, 1.807) is 0 Å². The van der Waals surface area contributed by atoms with Gasteiger partial charge in [-0.1, -0.05) is 6.92 Å². The molecule has 0 amide bonds. The van der Waals surface area contributed by atoms with Gasteiger partial charge in [0.15, 0.2) is 0 Å². The van der Waals surface area contributed by atoms with Crippen LogP contribution in [0.5, 0.6) is 0 Å². The van der Waals surface area contributed by atoms with Crippen LogP contribution in [0.25, 0.3) is 0 Å².